The summed E-state index contributed by atoms with van der Waals surface area (Å²) in [7, 11) is 0. The van der Waals surface area contributed by atoms with Gasteiger partial charge in [0, 0.05) is 0 Å². The predicted molar refractivity (Wildman–Crippen MR) is 62.7 cm³/mol. The highest BCUT2D eigenvalue weighted by Crippen LogP contribution is 1.81. The normalized spacial score (nSPS) is 6.54. The highest BCUT2D eigenvalue weighted by molar-refractivity contribution is 5.05. The van der Waals surface area contributed by atoms with Gasteiger partial charge < -0.3 is 0 Å². The van der Waals surface area contributed by atoms with Crippen LogP contribution in [0.3, 0.4) is 0 Å². The van der Waals surface area contributed by atoms with Gasteiger partial charge in [0.1, 0.15) is 0 Å². The van der Waals surface area contributed by atoms with E-state index in [1.54, 1.807) is 6.08 Å². The summed E-state index contributed by atoms with van der Waals surface area (Å²) < 4.78 is 0. The molecule has 0 saturated heterocycles. The zero-order chi connectivity index (χ0) is 10.5. The van der Waals surface area contributed by atoms with Crippen molar-refractivity contribution in [1.29, 1.82) is 0 Å². The molecule has 0 unspecified atom stereocenters. The van der Waals surface area contributed by atoms with Gasteiger partial charge >= 0.3 is 0 Å². The molecule has 0 heteroatoms. The fourth-order valence-electron chi connectivity index (χ4n) is 0.385. The maximum Gasteiger partial charge on any atom is -0.0404 e. The number of allylic oxidation sites excluding steroid dienone is 2. The first-order valence-corrected chi connectivity index (χ1v) is 4.05. The Labute approximate surface area is 81.9 Å². The molecule has 0 N–H and O–H groups in total. The average molecular weight is 174 g/mol. The van der Waals surface area contributed by atoms with Gasteiger partial charge in [0.05, 0.1) is 0 Å². The molecule has 0 spiro atoms. The van der Waals surface area contributed by atoms with E-state index >= 15 is 0 Å². The van der Waals surface area contributed by atoms with Gasteiger partial charge in [0.2, 0.25) is 0 Å². The molecule has 0 nitrogen and oxygen atoms in total. The van der Waals surface area contributed by atoms with Crippen molar-refractivity contribution >= 4 is 0 Å². The Morgan fingerprint density at radius 2 is 1.08 bits per heavy atom. The molecule has 0 aliphatic heterocycles. The second-order valence-corrected chi connectivity index (χ2v) is 2.21. The Hall–Kier alpha value is -1.56. The van der Waals surface area contributed by atoms with Crippen LogP contribution in [-0.4, -0.2) is 0 Å². The molecular weight excluding hydrogens is 156 g/mol. The van der Waals surface area contributed by atoms with Crippen molar-refractivity contribution in [2.45, 2.75) is 6.92 Å². The fourth-order valence-corrected chi connectivity index (χ4v) is 0.385. The van der Waals surface area contributed by atoms with Crippen LogP contribution in [0.2, 0.25) is 0 Å². The van der Waals surface area contributed by atoms with Crippen molar-refractivity contribution in [2.75, 3.05) is 0 Å². The van der Waals surface area contributed by atoms with Gasteiger partial charge in [-0.2, -0.15) is 0 Å². The quantitative estimate of drug-likeness (QED) is 0.441. The fraction of sp³-hybridized carbons (Fsp3) is 0.0769. The van der Waals surface area contributed by atoms with Crippen LogP contribution < -0.4 is 0 Å². The van der Waals surface area contributed by atoms with E-state index in [0.29, 0.717) is 0 Å². The van der Waals surface area contributed by atoms with Gasteiger partial charge in [-0.15, -0.1) is 13.2 Å². The maximum absolute atomic E-state index is 3.56. The molecule has 70 valence electrons. The molecule has 0 fully saturated rings. The highest BCUT2D eigenvalue weighted by Gasteiger charge is 1.59. The van der Waals surface area contributed by atoms with Gasteiger partial charge in [-0.25, -0.2) is 0 Å². The molecule has 1 aromatic rings. The molecule has 0 radical (unpaired) electrons. The minimum absolute atomic E-state index is 1.02. The lowest BCUT2D eigenvalue weighted by Gasteiger charge is -1.71. The molecule has 0 aliphatic carbocycles. The Morgan fingerprint density at radius 3 is 1.15 bits per heavy atom. The second-order valence-electron chi connectivity index (χ2n) is 2.21. The zero-order valence-electron chi connectivity index (χ0n) is 8.37. The Morgan fingerprint density at radius 1 is 0.923 bits per heavy atom. The molecular formula is C13H18. The van der Waals surface area contributed by atoms with E-state index in [0.717, 1.165) is 5.57 Å². The summed E-state index contributed by atoms with van der Waals surface area (Å²) in [5.41, 5.74) is 1.02. The van der Waals surface area contributed by atoms with E-state index in [4.69, 9.17) is 0 Å². The van der Waals surface area contributed by atoms with Crippen LogP contribution in [0.25, 0.3) is 0 Å². The monoisotopic (exact) mass is 174 g/mol. The molecule has 0 atom stereocenters. The Kier molecular flexibility index (Phi) is 14.1. The van der Waals surface area contributed by atoms with Crippen molar-refractivity contribution in [3.63, 3.8) is 0 Å². The largest absolute Gasteiger partial charge is 0.106 e. The lowest BCUT2D eigenvalue weighted by atomic mass is 10.4. The summed E-state index contributed by atoms with van der Waals surface area (Å²) in [5.74, 6) is 0. The number of hydrogen-bond donors (Lipinski definition) is 0. The van der Waals surface area contributed by atoms with E-state index in [1.807, 2.05) is 43.3 Å². The molecule has 0 aliphatic rings. The molecule has 0 amide bonds. The molecule has 0 saturated carbocycles. The number of rotatable bonds is 1. The first-order valence-electron chi connectivity index (χ1n) is 4.05. The third-order valence-corrected chi connectivity index (χ3v) is 1.02. The third-order valence-electron chi connectivity index (χ3n) is 1.02. The molecule has 0 heterocycles. The van der Waals surface area contributed by atoms with Gasteiger partial charge in [-0.1, -0.05) is 61.2 Å². The third kappa shape index (κ3) is 17.9. The summed E-state index contributed by atoms with van der Waals surface area (Å²) in [6, 6.07) is 12.0. The van der Waals surface area contributed by atoms with E-state index in [2.05, 4.69) is 26.3 Å². The topological polar surface area (TPSA) is 0 Å². The summed E-state index contributed by atoms with van der Waals surface area (Å²) in [5, 5.41) is 0. The number of hydrogen-bond acceptors (Lipinski definition) is 0. The van der Waals surface area contributed by atoms with E-state index in [1.165, 1.54) is 0 Å². The highest BCUT2D eigenvalue weighted by atomic mass is 13.7. The minimum atomic E-state index is 1.02. The van der Waals surface area contributed by atoms with Crippen LogP contribution in [0.15, 0.2) is 74.4 Å². The first kappa shape index (κ1) is 14.0. The minimum Gasteiger partial charge on any atom is -0.106 e. The summed E-state index contributed by atoms with van der Waals surface area (Å²) in [6.45, 7) is 14.9. The summed E-state index contributed by atoms with van der Waals surface area (Å²) in [4.78, 5) is 0. The van der Waals surface area contributed by atoms with E-state index < -0.39 is 0 Å². The van der Waals surface area contributed by atoms with Gasteiger partial charge in [-0.05, 0) is 6.92 Å². The van der Waals surface area contributed by atoms with Crippen molar-refractivity contribution in [2.24, 2.45) is 0 Å². The van der Waals surface area contributed by atoms with Crippen LogP contribution >= 0.6 is 0 Å². The second kappa shape index (κ2) is 13.1. The smallest absolute Gasteiger partial charge is 0.0404 e. The van der Waals surface area contributed by atoms with Crippen molar-refractivity contribution in [3.05, 3.63) is 74.4 Å². The van der Waals surface area contributed by atoms with Crippen LogP contribution in [0.1, 0.15) is 6.92 Å². The average Bonchev–Trinajstić information content (AvgIpc) is 2.24. The Bertz CT molecular complexity index is 182. The predicted octanol–water partition coefficient (Wildman–Crippen LogP) is 4.24. The van der Waals surface area contributed by atoms with Crippen molar-refractivity contribution in [1.82, 2.24) is 0 Å². The molecule has 0 bridgehead atoms. The first-order chi connectivity index (χ1) is 6.27. The lowest BCUT2D eigenvalue weighted by molar-refractivity contribution is 1.58. The molecule has 1 aromatic carbocycles. The summed E-state index contributed by atoms with van der Waals surface area (Å²) >= 11 is 0. The molecule has 0 aromatic heterocycles. The van der Waals surface area contributed by atoms with E-state index in [9.17, 15) is 0 Å². The van der Waals surface area contributed by atoms with Gasteiger partial charge in [-0.3, -0.25) is 0 Å². The molecule has 1 rings (SSSR count). The van der Waals surface area contributed by atoms with Crippen molar-refractivity contribution < 1.29 is 0 Å². The van der Waals surface area contributed by atoms with Crippen LogP contribution in [0.5, 0.6) is 0 Å². The zero-order valence-corrected chi connectivity index (χ0v) is 8.37. The van der Waals surface area contributed by atoms with Crippen LogP contribution in [0, 0.1) is 0 Å². The number of benzene rings is 1. The SMILES string of the molecule is C=C.C=CC(=C)C.c1ccccc1. The van der Waals surface area contributed by atoms with E-state index in [-0.39, 0.29) is 0 Å². The standard InChI is InChI=1S/C6H6.C5H8.C2H4/c1-2-4-6-5-3-1;1-4-5(2)3;1-2/h1-6H;4H,1-2H2,3H3;1-2H2. The summed E-state index contributed by atoms with van der Waals surface area (Å²) in [6.07, 6.45) is 1.72. The maximum atomic E-state index is 3.56. The van der Waals surface area contributed by atoms with Crippen LogP contribution in [0.4, 0.5) is 0 Å². The lowest BCUT2D eigenvalue weighted by Crippen LogP contribution is -1.50. The van der Waals surface area contributed by atoms with Crippen molar-refractivity contribution in [3.8, 4) is 0 Å². The Balaban J connectivity index is 0. The van der Waals surface area contributed by atoms with Gasteiger partial charge in [0.25, 0.3) is 0 Å². The van der Waals surface area contributed by atoms with Crippen LogP contribution in [-0.2, 0) is 0 Å². The van der Waals surface area contributed by atoms with Gasteiger partial charge in [0.15, 0.2) is 0 Å². The molecule has 13 heavy (non-hydrogen) atoms.